The van der Waals surface area contributed by atoms with Crippen molar-refractivity contribution in [3.8, 4) is 0 Å². The number of hydrogen-bond donors (Lipinski definition) is 2. The van der Waals surface area contributed by atoms with Gasteiger partial charge in [0.1, 0.15) is 0 Å². The number of hydrogen-bond acceptors (Lipinski definition) is 5. The number of nitrogens with zero attached hydrogens (tertiary/aromatic N) is 1. The number of benzene rings is 1. The smallest absolute Gasteiger partial charge is 0.254 e. The normalized spacial score (nSPS) is 13.2. The number of amides is 1. The molecule has 130 valence electrons. The van der Waals surface area contributed by atoms with Gasteiger partial charge in [-0.05, 0) is 44.7 Å². The number of Topliss-reactive ketones (excluding diaryl/α,β-unsaturated/α-hetero) is 1. The lowest BCUT2D eigenvalue weighted by Crippen LogP contribution is -2.22. The van der Waals surface area contributed by atoms with E-state index in [1.54, 1.807) is 24.3 Å². The number of rotatable bonds is 5. The molecule has 0 aliphatic heterocycles. The minimum absolute atomic E-state index is 0.0543. The summed E-state index contributed by atoms with van der Waals surface area (Å²) in [6.45, 7) is 1.48. The average molecular weight is 357 g/mol. The van der Waals surface area contributed by atoms with Gasteiger partial charge in [-0.3, -0.25) is 14.4 Å². The van der Waals surface area contributed by atoms with Gasteiger partial charge >= 0.3 is 0 Å². The third-order valence-electron chi connectivity index (χ3n) is 4.06. The number of carbonyl (C=O) groups excluding carboxylic acids is 2. The summed E-state index contributed by atoms with van der Waals surface area (Å²) in [5.41, 5.74) is 2.66. The molecule has 1 aliphatic rings. The lowest BCUT2D eigenvalue weighted by Gasteiger charge is -2.14. The third kappa shape index (κ3) is 4.36. The Morgan fingerprint density at radius 3 is 2.88 bits per heavy atom. The highest BCUT2D eigenvalue weighted by molar-refractivity contribution is 7.99. The molecular formula is C18H19N3O3S. The summed E-state index contributed by atoms with van der Waals surface area (Å²) in [5, 5.41) is 3.22. The minimum atomic E-state index is -0.217. The van der Waals surface area contributed by atoms with Gasteiger partial charge in [0, 0.05) is 16.8 Å². The van der Waals surface area contributed by atoms with Crippen LogP contribution in [-0.4, -0.2) is 27.4 Å². The summed E-state index contributed by atoms with van der Waals surface area (Å²) in [6.07, 6.45) is 3.65. The number of carbonyl (C=O) groups is 2. The monoisotopic (exact) mass is 357 g/mol. The van der Waals surface area contributed by atoms with Gasteiger partial charge < -0.3 is 10.3 Å². The van der Waals surface area contributed by atoms with Gasteiger partial charge in [-0.2, -0.15) is 0 Å². The van der Waals surface area contributed by atoms with Crippen molar-refractivity contribution >= 4 is 29.1 Å². The van der Waals surface area contributed by atoms with Crippen LogP contribution in [0.1, 0.15) is 41.4 Å². The predicted octanol–water partition coefficient (Wildman–Crippen LogP) is 2.58. The molecule has 1 aromatic carbocycles. The van der Waals surface area contributed by atoms with Crippen LogP contribution in [0.25, 0.3) is 0 Å². The zero-order chi connectivity index (χ0) is 17.8. The minimum Gasteiger partial charge on any atom is -0.325 e. The highest BCUT2D eigenvalue weighted by atomic mass is 32.2. The van der Waals surface area contributed by atoms with Gasteiger partial charge in [-0.25, -0.2) is 4.98 Å². The average Bonchev–Trinajstić information content (AvgIpc) is 2.60. The lowest BCUT2D eigenvalue weighted by atomic mass is 9.97. The molecule has 0 saturated carbocycles. The van der Waals surface area contributed by atoms with Crippen molar-refractivity contribution in [1.29, 1.82) is 0 Å². The van der Waals surface area contributed by atoms with Crippen LogP contribution in [0, 0.1) is 0 Å². The second kappa shape index (κ2) is 7.65. The Morgan fingerprint density at radius 1 is 1.28 bits per heavy atom. The van der Waals surface area contributed by atoms with Crippen LogP contribution < -0.4 is 10.9 Å². The van der Waals surface area contributed by atoms with E-state index in [1.165, 1.54) is 18.7 Å². The molecule has 6 nitrogen and oxygen atoms in total. The van der Waals surface area contributed by atoms with E-state index >= 15 is 0 Å². The molecule has 1 heterocycles. The lowest BCUT2D eigenvalue weighted by molar-refractivity contribution is -0.113. The maximum atomic E-state index is 12.1. The standard InChI is InChI=1S/C18H19N3O3S/c1-11(22)12-5-4-6-13(9-12)19-16(23)10-25-18-20-15-8-3-2-7-14(15)17(24)21-18/h4-6,9H,2-3,7-8,10H2,1H3,(H,19,23)(H,20,21,24). The number of nitrogens with one attached hydrogen (secondary N) is 2. The van der Waals surface area contributed by atoms with E-state index in [-0.39, 0.29) is 23.0 Å². The van der Waals surface area contributed by atoms with Crippen LogP contribution in [0.15, 0.2) is 34.2 Å². The maximum Gasteiger partial charge on any atom is 0.254 e. The molecule has 1 aliphatic carbocycles. The number of thioether (sulfide) groups is 1. The molecule has 2 N–H and O–H groups in total. The SMILES string of the molecule is CC(=O)c1cccc(NC(=O)CSc2nc3c(c(=O)[nH]2)CCCC3)c1. The fourth-order valence-electron chi connectivity index (χ4n) is 2.80. The van der Waals surface area contributed by atoms with Crippen LogP contribution in [0.3, 0.4) is 0 Å². The predicted molar refractivity (Wildman–Crippen MR) is 97.3 cm³/mol. The second-order valence-corrected chi connectivity index (χ2v) is 6.94. The van der Waals surface area contributed by atoms with Crippen molar-refractivity contribution in [1.82, 2.24) is 9.97 Å². The zero-order valence-electron chi connectivity index (χ0n) is 13.9. The molecule has 0 spiro atoms. The Labute approximate surface area is 149 Å². The Kier molecular flexibility index (Phi) is 5.33. The maximum absolute atomic E-state index is 12.1. The fraction of sp³-hybridized carbons (Fsp3) is 0.333. The highest BCUT2D eigenvalue weighted by Crippen LogP contribution is 2.19. The van der Waals surface area contributed by atoms with Crippen LogP contribution in [-0.2, 0) is 17.6 Å². The number of fused-ring (bicyclic) bond motifs is 1. The first-order chi connectivity index (χ1) is 12.0. The summed E-state index contributed by atoms with van der Waals surface area (Å²) in [5.74, 6) is -0.140. The molecule has 25 heavy (non-hydrogen) atoms. The van der Waals surface area contributed by atoms with Crippen molar-refractivity contribution in [3.05, 3.63) is 51.4 Å². The molecule has 0 atom stereocenters. The number of H-pyrrole nitrogens is 1. The molecule has 1 aromatic heterocycles. The topological polar surface area (TPSA) is 91.9 Å². The summed E-state index contributed by atoms with van der Waals surface area (Å²) >= 11 is 1.20. The van der Waals surface area contributed by atoms with E-state index in [9.17, 15) is 14.4 Å². The summed E-state index contributed by atoms with van der Waals surface area (Å²) in [7, 11) is 0. The van der Waals surface area contributed by atoms with Gasteiger partial charge in [0.25, 0.3) is 5.56 Å². The van der Waals surface area contributed by atoms with E-state index in [0.717, 1.165) is 36.9 Å². The van der Waals surface area contributed by atoms with Crippen molar-refractivity contribution in [3.63, 3.8) is 0 Å². The van der Waals surface area contributed by atoms with Gasteiger partial charge in [0.2, 0.25) is 5.91 Å². The van der Waals surface area contributed by atoms with Crippen molar-refractivity contribution in [2.45, 2.75) is 37.8 Å². The largest absolute Gasteiger partial charge is 0.325 e. The van der Waals surface area contributed by atoms with E-state index < -0.39 is 0 Å². The van der Waals surface area contributed by atoms with E-state index in [0.29, 0.717) is 16.4 Å². The highest BCUT2D eigenvalue weighted by Gasteiger charge is 2.16. The van der Waals surface area contributed by atoms with Crippen molar-refractivity contribution < 1.29 is 9.59 Å². The molecule has 2 aromatic rings. The summed E-state index contributed by atoms with van der Waals surface area (Å²) < 4.78 is 0. The van der Waals surface area contributed by atoms with Crippen LogP contribution >= 0.6 is 11.8 Å². The summed E-state index contributed by atoms with van der Waals surface area (Å²) in [4.78, 5) is 42.8. The van der Waals surface area contributed by atoms with Gasteiger partial charge in [0.15, 0.2) is 10.9 Å². The molecule has 3 rings (SSSR count). The summed E-state index contributed by atoms with van der Waals surface area (Å²) in [6, 6.07) is 6.80. The first-order valence-corrected chi connectivity index (χ1v) is 9.17. The molecule has 0 radical (unpaired) electrons. The Balaban J connectivity index is 1.63. The molecule has 0 fully saturated rings. The van der Waals surface area contributed by atoms with Crippen molar-refractivity contribution in [2.24, 2.45) is 0 Å². The second-order valence-electron chi connectivity index (χ2n) is 5.98. The van der Waals surface area contributed by atoms with Gasteiger partial charge in [0.05, 0.1) is 11.4 Å². The zero-order valence-corrected chi connectivity index (χ0v) is 14.7. The first kappa shape index (κ1) is 17.4. The van der Waals surface area contributed by atoms with Crippen LogP contribution in [0.4, 0.5) is 5.69 Å². The quantitative estimate of drug-likeness (QED) is 0.487. The Bertz CT molecular complexity index is 876. The number of aromatic amines is 1. The first-order valence-electron chi connectivity index (χ1n) is 8.18. The molecule has 1 amide bonds. The molecule has 0 bridgehead atoms. The van der Waals surface area contributed by atoms with Crippen molar-refractivity contribution in [2.75, 3.05) is 11.1 Å². The molecular weight excluding hydrogens is 338 g/mol. The van der Waals surface area contributed by atoms with Gasteiger partial charge in [-0.15, -0.1) is 0 Å². The number of anilines is 1. The van der Waals surface area contributed by atoms with E-state index in [2.05, 4.69) is 15.3 Å². The molecule has 7 heteroatoms. The molecule has 0 unspecified atom stereocenters. The van der Waals surface area contributed by atoms with E-state index in [4.69, 9.17) is 0 Å². The van der Waals surface area contributed by atoms with Crippen LogP contribution in [0.5, 0.6) is 0 Å². The number of aromatic nitrogens is 2. The molecule has 0 saturated heterocycles. The fourth-order valence-corrected chi connectivity index (χ4v) is 3.48. The number of aryl methyl sites for hydroxylation is 1. The number of ketones is 1. The Hall–Kier alpha value is -2.41. The Morgan fingerprint density at radius 2 is 2.08 bits per heavy atom. The van der Waals surface area contributed by atoms with E-state index in [1.807, 2.05) is 0 Å². The van der Waals surface area contributed by atoms with Gasteiger partial charge in [-0.1, -0.05) is 23.9 Å². The van der Waals surface area contributed by atoms with Crippen LogP contribution in [0.2, 0.25) is 0 Å². The third-order valence-corrected chi connectivity index (χ3v) is 4.94.